The number of ether oxygens (including phenoxy) is 1. The van der Waals surface area contributed by atoms with Crippen LogP contribution in [0.1, 0.15) is 0 Å². The Morgan fingerprint density at radius 2 is 2.05 bits per heavy atom. The summed E-state index contributed by atoms with van der Waals surface area (Å²) < 4.78 is 32.5. The second-order valence-electron chi connectivity index (χ2n) is 3.77. The minimum atomic E-state index is -3.70. The lowest BCUT2D eigenvalue weighted by atomic mass is 10.3. The van der Waals surface area contributed by atoms with E-state index in [4.69, 9.17) is 16.3 Å². The lowest BCUT2D eigenvalue weighted by Gasteiger charge is -2.10. The molecule has 106 valence electrons. The first-order valence-corrected chi connectivity index (χ1v) is 8.06. The number of rotatable bonds is 4. The number of aromatic nitrogens is 1. The van der Waals surface area contributed by atoms with Gasteiger partial charge in [-0.25, -0.2) is 13.4 Å². The van der Waals surface area contributed by atoms with E-state index < -0.39 is 10.0 Å². The van der Waals surface area contributed by atoms with E-state index in [-0.39, 0.29) is 10.0 Å². The molecule has 20 heavy (non-hydrogen) atoms. The quantitative estimate of drug-likeness (QED) is 0.830. The van der Waals surface area contributed by atoms with Crippen molar-refractivity contribution in [3.63, 3.8) is 0 Å². The van der Waals surface area contributed by atoms with Crippen LogP contribution in [0.15, 0.2) is 45.9 Å². The summed E-state index contributed by atoms with van der Waals surface area (Å²) in [6.07, 6.45) is 1.42. The molecule has 0 bridgehead atoms. The molecule has 8 heteroatoms. The molecule has 0 saturated heterocycles. The van der Waals surface area contributed by atoms with Gasteiger partial charge in [0.15, 0.2) is 0 Å². The van der Waals surface area contributed by atoms with Gasteiger partial charge in [-0.3, -0.25) is 4.72 Å². The second kappa shape index (κ2) is 5.99. The molecule has 1 aromatic carbocycles. The summed E-state index contributed by atoms with van der Waals surface area (Å²) in [5, 5.41) is 0.209. The molecule has 1 heterocycles. The zero-order valence-electron chi connectivity index (χ0n) is 10.3. The SMILES string of the molecule is COc1ccc(S(=O)(=O)Nc2ccnc(Cl)c2)cc1Br. The second-order valence-corrected chi connectivity index (χ2v) is 6.69. The molecule has 1 N–H and O–H groups in total. The van der Waals surface area contributed by atoms with Gasteiger partial charge >= 0.3 is 0 Å². The molecule has 0 fully saturated rings. The largest absolute Gasteiger partial charge is 0.496 e. The Bertz CT molecular complexity index is 737. The van der Waals surface area contributed by atoms with E-state index in [2.05, 4.69) is 25.6 Å². The van der Waals surface area contributed by atoms with Crippen molar-refractivity contribution in [2.24, 2.45) is 0 Å². The van der Waals surface area contributed by atoms with Gasteiger partial charge < -0.3 is 4.74 Å². The Morgan fingerprint density at radius 1 is 1.30 bits per heavy atom. The fourth-order valence-corrected chi connectivity index (χ4v) is 3.44. The van der Waals surface area contributed by atoms with E-state index in [0.717, 1.165) is 0 Å². The molecule has 2 rings (SSSR count). The molecule has 0 saturated carbocycles. The normalized spacial score (nSPS) is 11.2. The molecule has 0 aliphatic rings. The highest BCUT2D eigenvalue weighted by Crippen LogP contribution is 2.28. The van der Waals surface area contributed by atoms with E-state index in [9.17, 15) is 8.42 Å². The lowest BCUT2D eigenvalue weighted by Crippen LogP contribution is -2.13. The highest BCUT2D eigenvalue weighted by atomic mass is 79.9. The minimum absolute atomic E-state index is 0.109. The molecule has 1 aromatic heterocycles. The van der Waals surface area contributed by atoms with Gasteiger partial charge in [0.25, 0.3) is 10.0 Å². The van der Waals surface area contributed by atoms with Crippen LogP contribution in [0.3, 0.4) is 0 Å². The maximum absolute atomic E-state index is 12.2. The van der Waals surface area contributed by atoms with Crippen LogP contribution in [0.2, 0.25) is 5.15 Å². The van der Waals surface area contributed by atoms with Gasteiger partial charge in [0.2, 0.25) is 0 Å². The van der Waals surface area contributed by atoms with Gasteiger partial charge in [-0.2, -0.15) is 0 Å². The number of benzene rings is 1. The van der Waals surface area contributed by atoms with Crippen LogP contribution >= 0.6 is 27.5 Å². The topological polar surface area (TPSA) is 68.3 Å². The minimum Gasteiger partial charge on any atom is -0.496 e. The van der Waals surface area contributed by atoms with Crippen LogP contribution < -0.4 is 9.46 Å². The van der Waals surface area contributed by atoms with Crippen molar-refractivity contribution < 1.29 is 13.2 Å². The maximum Gasteiger partial charge on any atom is 0.261 e. The third kappa shape index (κ3) is 3.41. The van der Waals surface area contributed by atoms with Crippen LogP contribution in [-0.2, 0) is 10.0 Å². The first kappa shape index (κ1) is 15.1. The lowest BCUT2D eigenvalue weighted by molar-refractivity contribution is 0.411. The Balaban J connectivity index is 2.33. The number of methoxy groups -OCH3 is 1. The molecule has 0 aliphatic carbocycles. The number of halogens is 2. The fourth-order valence-electron chi connectivity index (χ4n) is 1.49. The Hall–Kier alpha value is -1.31. The highest BCUT2D eigenvalue weighted by Gasteiger charge is 2.16. The third-order valence-electron chi connectivity index (χ3n) is 2.41. The molecule has 5 nitrogen and oxygen atoms in total. The van der Waals surface area contributed by atoms with Gasteiger partial charge in [-0.05, 0) is 46.3 Å². The number of sulfonamides is 1. The van der Waals surface area contributed by atoms with Crippen LogP contribution in [0, 0.1) is 0 Å². The predicted molar refractivity (Wildman–Crippen MR) is 80.7 cm³/mol. The number of hydrogen-bond donors (Lipinski definition) is 1. The van der Waals surface area contributed by atoms with Gasteiger partial charge in [0.05, 0.1) is 22.2 Å². The standard InChI is InChI=1S/C12H10BrClN2O3S/c1-19-11-3-2-9(7-10(11)13)20(17,18)16-8-4-5-15-12(14)6-8/h2-7H,1H3,(H,15,16). The van der Waals surface area contributed by atoms with Crippen molar-refractivity contribution in [3.05, 3.63) is 46.2 Å². The molecular weight excluding hydrogens is 368 g/mol. The smallest absolute Gasteiger partial charge is 0.261 e. The molecule has 0 spiro atoms. The molecule has 2 aromatic rings. The van der Waals surface area contributed by atoms with Crippen molar-refractivity contribution in [2.45, 2.75) is 4.90 Å². The number of nitrogens with zero attached hydrogens (tertiary/aromatic N) is 1. The van der Waals surface area contributed by atoms with Gasteiger partial charge in [0.1, 0.15) is 10.9 Å². The number of anilines is 1. The van der Waals surface area contributed by atoms with E-state index in [1.54, 1.807) is 6.07 Å². The molecule has 0 atom stereocenters. The Kier molecular flexibility index (Phi) is 4.52. The first-order chi connectivity index (χ1) is 9.42. The maximum atomic E-state index is 12.2. The van der Waals surface area contributed by atoms with E-state index in [1.807, 2.05) is 0 Å². The van der Waals surface area contributed by atoms with Gasteiger partial charge in [0, 0.05) is 6.20 Å². The Morgan fingerprint density at radius 3 is 2.65 bits per heavy atom. The fraction of sp³-hybridized carbons (Fsp3) is 0.0833. The van der Waals surface area contributed by atoms with Gasteiger partial charge in [-0.1, -0.05) is 11.6 Å². The van der Waals surface area contributed by atoms with E-state index in [0.29, 0.717) is 15.9 Å². The number of pyridine rings is 1. The number of nitrogens with one attached hydrogen (secondary N) is 1. The summed E-state index contributed by atoms with van der Waals surface area (Å²) in [4.78, 5) is 3.90. The van der Waals surface area contributed by atoms with Crippen LogP contribution in [0.5, 0.6) is 5.75 Å². The molecule has 0 aliphatic heterocycles. The summed E-state index contributed by atoms with van der Waals surface area (Å²) in [5.74, 6) is 0.552. The van der Waals surface area contributed by atoms with Crippen molar-refractivity contribution in [2.75, 3.05) is 11.8 Å². The van der Waals surface area contributed by atoms with Crippen LogP contribution in [0.4, 0.5) is 5.69 Å². The van der Waals surface area contributed by atoms with Crippen LogP contribution in [0.25, 0.3) is 0 Å². The van der Waals surface area contributed by atoms with E-state index >= 15 is 0 Å². The van der Waals surface area contributed by atoms with Crippen molar-refractivity contribution in [1.29, 1.82) is 0 Å². The summed E-state index contributed by atoms with van der Waals surface area (Å²) >= 11 is 8.96. The van der Waals surface area contributed by atoms with Crippen molar-refractivity contribution in [3.8, 4) is 5.75 Å². The average molecular weight is 378 g/mol. The number of hydrogen-bond acceptors (Lipinski definition) is 4. The third-order valence-corrected chi connectivity index (χ3v) is 4.62. The molecule has 0 radical (unpaired) electrons. The van der Waals surface area contributed by atoms with E-state index in [1.165, 1.54) is 37.6 Å². The summed E-state index contributed by atoms with van der Waals surface area (Å²) in [6, 6.07) is 7.43. The summed E-state index contributed by atoms with van der Waals surface area (Å²) in [7, 11) is -2.19. The van der Waals surface area contributed by atoms with Crippen molar-refractivity contribution in [1.82, 2.24) is 4.98 Å². The molecule has 0 unspecified atom stereocenters. The zero-order valence-corrected chi connectivity index (χ0v) is 13.5. The zero-order chi connectivity index (χ0) is 14.8. The first-order valence-electron chi connectivity index (χ1n) is 5.40. The van der Waals surface area contributed by atoms with Gasteiger partial charge in [-0.15, -0.1) is 0 Å². The molecular formula is C12H10BrClN2O3S. The Labute approximate surface area is 130 Å². The predicted octanol–water partition coefficient (Wildman–Crippen LogP) is 3.31. The highest BCUT2D eigenvalue weighted by molar-refractivity contribution is 9.10. The van der Waals surface area contributed by atoms with Crippen LogP contribution in [-0.4, -0.2) is 20.5 Å². The molecule has 0 amide bonds. The monoisotopic (exact) mass is 376 g/mol. The summed E-state index contributed by atoms with van der Waals surface area (Å²) in [5.41, 5.74) is 0.344. The average Bonchev–Trinajstić information content (AvgIpc) is 2.38. The summed E-state index contributed by atoms with van der Waals surface area (Å²) in [6.45, 7) is 0. The van der Waals surface area contributed by atoms with Crippen molar-refractivity contribution >= 4 is 43.2 Å².